The molecule has 6 nitrogen and oxygen atoms in total. The molecule has 3 N–H and O–H groups in total. The summed E-state index contributed by atoms with van der Waals surface area (Å²) in [4.78, 5) is 9.43. The lowest BCUT2D eigenvalue weighted by Crippen LogP contribution is -2.02. The van der Waals surface area contributed by atoms with E-state index < -0.39 is 0 Å². The first kappa shape index (κ1) is 16.7. The summed E-state index contributed by atoms with van der Waals surface area (Å²) in [5.41, 5.74) is 6.32. The zero-order valence-corrected chi connectivity index (χ0v) is 16.3. The van der Waals surface area contributed by atoms with Crippen molar-refractivity contribution in [2.45, 2.75) is 13.8 Å². The fraction of sp³-hybridized carbons (Fsp3) is 0.0952. The fourth-order valence-electron chi connectivity index (χ4n) is 3.17. The summed E-state index contributed by atoms with van der Waals surface area (Å²) in [6.45, 7) is 4.20. The molecular weight excluding hydrogens is 368 g/mol. The van der Waals surface area contributed by atoms with E-state index >= 15 is 0 Å². The highest BCUT2D eigenvalue weighted by atomic mass is 32.1. The normalized spacial score (nSPS) is 11.2. The van der Waals surface area contributed by atoms with Crippen molar-refractivity contribution in [3.63, 3.8) is 0 Å². The lowest BCUT2D eigenvalue weighted by atomic mass is 10.1. The van der Waals surface area contributed by atoms with Crippen LogP contribution >= 0.6 is 11.3 Å². The Bertz CT molecular complexity index is 1300. The number of rotatable bonds is 4. The number of fused-ring (bicyclic) bond motifs is 2. The first-order valence-electron chi connectivity index (χ1n) is 8.96. The Hall–Kier alpha value is -3.45. The number of aromatic amines is 1. The number of nitrogens with zero attached hydrogens (tertiary/aromatic N) is 3. The van der Waals surface area contributed by atoms with Gasteiger partial charge in [-0.25, -0.2) is 4.98 Å². The zero-order valence-electron chi connectivity index (χ0n) is 15.4. The van der Waals surface area contributed by atoms with Gasteiger partial charge in [0.05, 0.1) is 21.9 Å². The van der Waals surface area contributed by atoms with Gasteiger partial charge in [-0.1, -0.05) is 12.1 Å². The minimum atomic E-state index is 0.575. The predicted octanol–water partition coefficient (Wildman–Crippen LogP) is 5.67. The summed E-state index contributed by atoms with van der Waals surface area (Å²) in [5, 5.41) is 17.0. The number of nitrogens with one attached hydrogen (secondary N) is 3. The summed E-state index contributed by atoms with van der Waals surface area (Å²) in [5.74, 6) is 1.36. The molecule has 5 rings (SSSR count). The molecule has 0 radical (unpaired) electrons. The van der Waals surface area contributed by atoms with Crippen LogP contribution in [0.25, 0.3) is 21.1 Å². The number of aromatic nitrogens is 4. The van der Waals surface area contributed by atoms with Crippen molar-refractivity contribution >= 4 is 55.6 Å². The summed E-state index contributed by atoms with van der Waals surface area (Å²) >= 11 is 1.63. The third-order valence-corrected chi connectivity index (χ3v) is 5.77. The number of hydrogen-bond acceptors (Lipinski definition) is 6. The minimum Gasteiger partial charge on any atom is -0.339 e. The minimum absolute atomic E-state index is 0.575. The van der Waals surface area contributed by atoms with Crippen LogP contribution in [0.1, 0.15) is 11.1 Å². The van der Waals surface area contributed by atoms with E-state index in [1.807, 2.05) is 41.9 Å². The molecule has 0 unspecified atom stereocenters. The summed E-state index contributed by atoms with van der Waals surface area (Å²) in [6.07, 6.45) is 1.81. The lowest BCUT2D eigenvalue weighted by molar-refractivity contribution is 1.12. The highest BCUT2D eigenvalue weighted by Gasteiger charge is 2.11. The molecule has 0 aliphatic carbocycles. The Morgan fingerprint density at radius 3 is 2.86 bits per heavy atom. The van der Waals surface area contributed by atoms with Gasteiger partial charge < -0.3 is 10.6 Å². The summed E-state index contributed by atoms with van der Waals surface area (Å²) < 4.78 is 1.03. The van der Waals surface area contributed by atoms with E-state index in [-0.39, 0.29) is 0 Å². The molecule has 0 saturated heterocycles. The van der Waals surface area contributed by atoms with Crippen LogP contribution in [0.15, 0.2) is 54.0 Å². The highest BCUT2D eigenvalue weighted by molar-refractivity contribution is 7.17. The third-order valence-electron chi connectivity index (χ3n) is 4.86. The number of aryl methyl sites for hydroxylation is 1. The molecular formula is C21H18N6S. The molecule has 0 atom stereocenters. The van der Waals surface area contributed by atoms with Gasteiger partial charge in [-0.05, 0) is 60.7 Å². The average Bonchev–Trinajstić information content (AvgIpc) is 3.34. The van der Waals surface area contributed by atoms with Gasteiger partial charge in [0.25, 0.3) is 0 Å². The molecule has 0 amide bonds. The first-order chi connectivity index (χ1) is 13.7. The predicted molar refractivity (Wildman–Crippen MR) is 116 cm³/mol. The van der Waals surface area contributed by atoms with E-state index in [0.717, 1.165) is 38.3 Å². The highest BCUT2D eigenvalue weighted by Crippen LogP contribution is 2.31. The maximum Gasteiger partial charge on any atom is 0.229 e. The van der Waals surface area contributed by atoms with Gasteiger partial charge in [-0.3, -0.25) is 5.10 Å². The lowest BCUT2D eigenvalue weighted by Gasteiger charge is -2.12. The maximum atomic E-state index is 4.76. The van der Waals surface area contributed by atoms with Crippen molar-refractivity contribution in [2.75, 3.05) is 10.6 Å². The molecule has 2 aromatic carbocycles. The molecule has 0 fully saturated rings. The van der Waals surface area contributed by atoms with Crippen molar-refractivity contribution in [3.05, 3.63) is 65.2 Å². The van der Waals surface area contributed by atoms with Crippen LogP contribution in [0.2, 0.25) is 0 Å². The SMILES string of the molecule is Cc1cccc(Nc2nc(Nc3ccc4[nH]ncc4c3)c3sccc3n2)c1C. The molecule has 0 bridgehead atoms. The van der Waals surface area contributed by atoms with E-state index in [1.54, 1.807) is 11.3 Å². The summed E-state index contributed by atoms with van der Waals surface area (Å²) in [6, 6.07) is 14.3. The van der Waals surface area contributed by atoms with Crippen LogP contribution in [-0.4, -0.2) is 20.2 Å². The molecule has 0 saturated carbocycles. The molecule has 7 heteroatoms. The van der Waals surface area contributed by atoms with E-state index in [0.29, 0.717) is 5.95 Å². The van der Waals surface area contributed by atoms with E-state index in [9.17, 15) is 0 Å². The molecule has 28 heavy (non-hydrogen) atoms. The van der Waals surface area contributed by atoms with Crippen LogP contribution < -0.4 is 10.6 Å². The maximum absolute atomic E-state index is 4.76. The van der Waals surface area contributed by atoms with Crippen molar-refractivity contribution in [2.24, 2.45) is 0 Å². The molecule has 3 aromatic heterocycles. The smallest absolute Gasteiger partial charge is 0.229 e. The number of H-pyrrole nitrogens is 1. The number of anilines is 4. The monoisotopic (exact) mass is 386 g/mol. The van der Waals surface area contributed by atoms with E-state index in [1.165, 1.54) is 11.1 Å². The fourth-order valence-corrected chi connectivity index (χ4v) is 3.94. The van der Waals surface area contributed by atoms with Crippen LogP contribution in [-0.2, 0) is 0 Å². The first-order valence-corrected chi connectivity index (χ1v) is 9.84. The average molecular weight is 386 g/mol. The van der Waals surface area contributed by atoms with Gasteiger partial charge in [0, 0.05) is 16.8 Å². The molecule has 0 aliphatic heterocycles. The second-order valence-corrected chi connectivity index (χ2v) is 7.62. The molecule has 0 aliphatic rings. The van der Waals surface area contributed by atoms with Gasteiger partial charge in [-0.15, -0.1) is 11.3 Å². The Kier molecular flexibility index (Phi) is 3.95. The second kappa shape index (κ2) is 6.61. The van der Waals surface area contributed by atoms with Crippen molar-refractivity contribution < 1.29 is 0 Å². The van der Waals surface area contributed by atoms with Crippen LogP contribution in [0.3, 0.4) is 0 Å². The Morgan fingerprint density at radius 1 is 1.00 bits per heavy atom. The standard InChI is InChI=1S/C21H18N6S/c1-12-4-3-5-16(13(12)2)24-21-25-18-8-9-28-19(18)20(26-21)23-15-6-7-17-14(10-15)11-22-27-17/h3-11H,1-2H3,(H,22,27)(H2,23,24,25,26). The topological polar surface area (TPSA) is 78.5 Å². The molecule has 138 valence electrons. The van der Waals surface area contributed by atoms with Gasteiger partial charge in [0.1, 0.15) is 0 Å². The van der Waals surface area contributed by atoms with Crippen LogP contribution in [0.5, 0.6) is 0 Å². The number of benzene rings is 2. The Balaban J connectivity index is 1.54. The number of hydrogen-bond donors (Lipinski definition) is 3. The van der Waals surface area contributed by atoms with Gasteiger partial charge >= 0.3 is 0 Å². The second-order valence-electron chi connectivity index (χ2n) is 6.70. The van der Waals surface area contributed by atoms with Gasteiger partial charge in [0.2, 0.25) is 5.95 Å². The van der Waals surface area contributed by atoms with Crippen molar-refractivity contribution in [3.8, 4) is 0 Å². The van der Waals surface area contributed by atoms with Gasteiger partial charge in [0.15, 0.2) is 5.82 Å². The van der Waals surface area contributed by atoms with E-state index in [2.05, 4.69) is 51.8 Å². The van der Waals surface area contributed by atoms with E-state index in [4.69, 9.17) is 4.98 Å². The van der Waals surface area contributed by atoms with Crippen molar-refractivity contribution in [1.82, 2.24) is 20.2 Å². The Morgan fingerprint density at radius 2 is 1.93 bits per heavy atom. The van der Waals surface area contributed by atoms with Crippen LogP contribution in [0.4, 0.5) is 23.1 Å². The quantitative estimate of drug-likeness (QED) is 0.371. The Labute approximate surface area is 165 Å². The number of thiophene rings is 1. The van der Waals surface area contributed by atoms with Gasteiger partial charge in [-0.2, -0.15) is 10.1 Å². The largest absolute Gasteiger partial charge is 0.339 e. The molecule has 0 spiro atoms. The molecule has 3 heterocycles. The molecule has 5 aromatic rings. The zero-order chi connectivity index (χ0) is 19.1. The van der Waals surface area contributed by atoms with Crippen LogP contribution in [0, 0.1) is 13.8 Å². The third kappa shape index (κ3) is 2.95. The van der Waals surface area contributed by atoms with Crippen molar-refractivity contribution in [1.29, 1.82) is 0 Å². The summed E-state index contributed by atoms with van der Waals surface area (Å²) in [7, 11) is 0.